The molecule has 5 aromatic rings. The predicted molar refractivity (Wildman–Crippen MR) is 143 cm³/mol. The van der Waals surface area contributed by atoms with Crippen molar-refractivity contribution in [3.63, 3.8) is 0 Å². The summed E-state index contributed by atoms with van der Waals surface area (Å²) in [6.45, 7) is 4.30. The second-order valence-corrected chi connectivity index (χ2v) is 9.41. The van der Waals surface area contributed by atoms with Crippen LogP contribution in [0, 0.1) is 13.8 Å². The number of benzene rings is 3. The van der Waals surface area contributed by atoms with Gasteiger partial charge >= 0.3 is 0 Å². The summed E-state index contributed by atoms with van der Waals surface area (Å²) in [6, 6.07) is 23.8. The van der Waals surface area contributed by atoms with Gasteiger partial charge in [0.25, 0.3) is 11.5 Å². The van der Waals surface area contributed by atoms with Gasteiger partial charge in [0.05, 0.1) is 17.4 Å². The summed E-state index contributed by atoms with van der Waals surface area (Å²) in [5.74, 6) is -0.307. The fourth-order valence-electron chi connectivity index (χ4n) is 4.73. The van der Waals surface area contributed by atoms with Gasteiger partial charge in [-0.25, -0.2) is 4.52 Å². The van der Waals surface area contributed by atoms with Crippen LogP contribution >= 0.6 is 0 Å². The molecule has 1 atom stereocenters. The van der Waals surface area contributed by atoms with Crippen molar-refractivity contribution in [3.8, 4) is 11.3 Å². The number of hydrogen-bond acceptors (Lipinski definition) is 4. The number of fused-ring (bicyclic) bond motifs is 2. The molecule has 2 N–H and O–H groups in total. The standard InChI is InChI=1S/C29H29N5O2/c1-18-25(28(35)30-24(17-33(3)4)21-11-6-5-7-12-21)32-34-19(2)26(31-29(36)27(18)34)23-15-14-20-10-8-9-13-22(20)16-23/h5-16,24H,17H2,1-4H3,(H,30,35)(H,31,36). The van der Waals surface area contributed by atoms with Crippen molar-refractivity contribution in [1.29, 1.82) is 0 Å². The number of hydrogen-bond donors (Lipinski definition) is 2. The molecule has 0 saturated heterocycles. The topological polar surface area (TPSA) is 82.5 Å². The normalized spacial score (nSPS) is 12.4. The van der Waals surface area contributed by atoms with Crippen molar-refractivity contribution in [2.45, 2.75) is 19.9 Å². The van der Waals surface area contributed by atoms with Gasteiger partial charge in [0.15, 0.2) is 5.69 Å². The Labute approximate surface area is 209 Å². The summed E-state index contributed by atoms with van der Waals surface area (Å²) in [5.41, 5.74) is 4.25. The number of amides is 1. The molecule has 7 heteroatoms. The number of carbonyl (C=O) groups excluding carboxylic acids is 1. The quantitative estimate of drug-likeness (QED) is 0.376. The third-order valence-electron chi connectivity index (χ3n) is 6.56. The fourth-order valence-corrected chi connectivity index (χ4v) is 4.73. The Kier molecular flexibility index (Phi) is 6.16. The van der Waals surface area contributed by atoms with Gasteiger partial charge in [0, 0.05) is 17.7 Å². The number of nitrogens with one attached hydrogen (secondary N) is 2. The van der Waals surface area contributed by atoms with Crippen molar-refractivity contribution in [1.82, 2.24) is 24.8 Å². The highest BCUT2D eigenvalue weighted by molar-refractivity contribution is 5.96. The average Bonchev–Trinajstić information content (AvgIpc) is 3.24. The second-order valence-electron chi connectivity index (χ2n) is 9.41. The van der Waals surface area contributed by atoms with Crippen LogP contribution in [0.1, 0.15) is 33.4 Å². The van der Waals surface area contributed by atoms with Gasteiger partial charge in [-0.1, -0.05) is 66.7 Å². The Morgan fingerprint density at radius 1 is 1.00 bits per heavy atom. The number of aryl methyl sites for hydroxylation is 2. The molecule has 1 amide bonds. The first-order valence-electron chi connectivity index (χ1n) is 12.0. The Bertz CT molecular complexity index is 1630. The molecule has 1 unspecified atom stereocenters. The van der Waals surface area contributed by atoms with Crippen molar-refractivity contribution in [3.05, 3.63) is 106 Å². The smallest absolute Gasteiger partial charge is 0.274 e. The Hall–Kier alpha value is -4.23. The lowest BCUT2D eigenvalue weighted by molar-refractivity contribution is 0.0924. The number of aromatic amines is 1. The molecule has 182 valence electrons. The lowest BCUT2D eigenvalue weighted by Gasteiger charge is -2.22. The van der Waals surface area contributed by atoms with E-state index in [4.69, 9.17) is 0 Å². The minimum atomic E-state index is -0.307. The molecule has 2 aromatic heterocycles. The monoisotopic (exact) mass is 479 g/mol. The number of rotatable bonds is 6. The van der Waals surface area contributed by atoms with Crippen molar-refractivity contribution in [2.75, 3.05) is 20.6 Å². The Balaban J connectivity index is 1.55. The summed E-state index contributed by atoms with van der Waals surface area (Å²) < 4.78 is 1.59. The summed E-state index contributed by atoms with van der Waals surface area (Å²) >= 11 is 0. The zero-order valence-electron chi connectivity index (χ0n) is 20.9. The minimum absolute atomic E-state index is 0.217. The SMILES string of the molecule is Cc1c(C(=O)NC(CN(C)C)c2ccccc2)nn2c(C)c(-c3ccc4ccccc4c3)[nH]c(=O)c12. The van der Waals surface area contributed by atoms with Gasteiger partial charge in [0.1, 0.15) is 5.52 Å². The third-order valence-corrected chi connectivity index (χ3v) is 6.56. The van der Waals surface area contributed by atoms with Crippen molar-refractivity contribution < 1.29 is 4.79 Å². The summed E-state index contributed by atoms with van der Waals surface area (Å²) in [7, 11) is 3.94. The number of H-pyrrole nitrogens is 1. The molecule has 0 saturated carbocycles. The maximum absolute atomic E-state index is 13.4. The van der Waals surface area contributed by atoms with E-state index in [1.165, 1.54) is 0 Å². The van der Waals surface area contributed by atoms with Gasteiger partial charge in [-0.2, -0.15) is 5.10 Å². The van der Waals surface area contributed by atoms with Crippen LogP contribution in [-0.4, -0.2) is 46.0 Å². The van der Waals surface area contributed by atoms with Crippen LogP contribution in [0.2, 0.25) is 0 Å². The number of nitrogens with zero attached hydrogens (tertiary/aromatic N) is 3. The lowest BCUT2D eigenvalue weighted by Crippen LogP contribution is -2.35. The van der Waals surface area contributed by atoms with Crippen LogP contribution in [0.4, 0.5) is 0 Å². The summed E-state index contributed by atoms with van der Waals surface area (Å²) in [6.07, 6.45) is 0. The van der Waals surface area contributed by atoms with Gasteiger partial charge in [-0.3, -0.25) is 9.59 Å². The maximum Gasteiger partial charge on any atom is 0.274 e. The average molecular weight is 480 g/mol. The van der Waals surface area contributed by atoms with E-state index in [9.17, 15) is 9.59 Å². The molecule has 0 bridgehead atoms. The Morgan fingerprint density at radius 2 is 1.69 bits per heavy atom. The molecule has 0 aliphatic carbocycles. The summed E-state index contributed by atoms with van der Waals surface area (Å²) in [5, 5.41) is 9.95. The number of aromatic nitrogens is 3. The predicted octanol–water partition coefficient (Wildman–Crippen LogP) is 4.49. The van der Waals surface area contributed by atoms with E-state index in [-0.39, 0.29) is 23.2 Å². The third kappa shape index (κ3) is 4.29. The fraction of sp³-hybridized carbons (Fsp3) is 0.207. The van der Waals surface area contributed by atoms with E-state index >= 15 is 0 Å². The second kappa shape index (κ2) is 9.43. The zero-order valence-corrected chi connectivity index (χ0v) is 20.9. The van der Waals surface area contributed by atoms with Crippen molar-refractivity contribution in [2.24, 2.45) is 0 Å². The molecule has 7 nitrogen and oxygen atoms in total. The molecule has 0 fully saturated rings. The van der Waals surface area contributed by atoms with E-state index in [1.807, 2.05) is 86.6 Å². The van der Waals surface area contributed by atoms with Gasteiger partial charge in [-0.05, 0) is 50.3 Å². The molecule has 3 aromatic carbocycles. The maximum atomic E-state index is 13.4. The van der Waals surface area contributed by atoms with E-state index in [2.05, 4.69) is 27.5 Å². The van der Waals surface area contributed by atoms with Crippen LogP contribution in [0.3, 0.4) is 0 Å². The minimum Gasteiger partial charge on any atom is -0.343 e. The van der Waals surface area contributed by atoms with Crippen LogP contribution in [0.5, 0.6) is 0 Å². The van der Waals surface area contributed by atoms with E-state index in [1.54, 1.807) is 11.4 Å². The number of likely N-dealkylation sites (N-methyl/N-ethyl adjacent to an activating group) is 1. The molecule has 0 aliphatic heterocycles. The van der Waals surface area contributed by atoms with Crippen molar-refractivity contribution >= 4 is 22.2 Å². The van der Waals surface area contributed by atoms with E-state index in [0.29, 0.717) is 23.3 Å². The highest BCUT2D eigenvalue weighted by atomic mass is 16.2. The molecular weight excluding hydrogens is 450 g/mol. The van der Waals surface area contributed by atoms with Gasteiger partial charge < -0.3 is 15.2 Å². The van der Waals surface area contributed by atoms with Gasteiger partial charge in [0.2, 0.25) is 0 Å². The first kappa shape index (κ1) is 23.5. The molecule has 0 aliphatic rings. The molecule has 2 heterocycles. The van der Waals surface area contributed by atoms with Gasteiger partial charge in [-0.15, -0.1) is 0 Å². The largest absolute Gasteiger partial charge is 0.343 e. The van der Waals surface area contributed by atoms with E-state index < -0.39 is 0 Å². The first-order chi connectivity index (χ1) is 17.3. The Morgan fingerprint density at radius 3 is 2.42 bits per heavy atom. The van der Waals surface area contributed by atoms with Crippen LogP contribution < -0.4 is 10.9 Å². The van der Waals surface area contributed by atoms with Crippen LogP contribution in [0.25, 0.3) is 27.5 Å². The lowest BCUT2D eigenvalue weighted by atomic mass is 10.0. The molecular formula is C29H29N5O2. The molecule has 5 rings (SSSR count). The molecule has 36 heavy (non-hydrogen) atoms. The van der Waals surface area contributed by atoms with Crippen LogP contribution in [-0.2, 0) is 0 Å². The van der Waals surface area contributed by atoms with E-state index in [0.717, 1.165) is 27.6 Å². The first-order valence-corrected chi connectivity index (χ1v) is 12.0. The molecule has 0 spiro atoms. The summed E-state index contributed by atoms with van der Waals surface area (Å²) in [4.78, 5) is 31.6. The number of carbonyl (C=O) groups is 1. The highest BCUT2D eigenvalue weighted by Crippen LogP contribution is 2.26. The van der Waals surface area contributed by atoms with Crippen LogP contribution in [0.15, 0.2) is 77.6 Å². The molecule has 0 radical (unpaired) electrons. The highest BCUT2D eigenvalue weighted by Gasteiger charge is 2.24. The zero-order chi connectivity index (χ0) is 25.4.